The number of carboxylic acid groups (broad SMARTS) is 1. The molecule has 0 spiro atoms. The van der Waals surface area contributed by atoms with Crippen LogP contribution >= 0.6 is 0 Å². The highest BCUT2D eigenvalue weighted by molar-refractivity contribution is 5.88. The van der Waals surface area contributed by atoms with Crippen LogP contribution in [0.3, 0.4) is 0 Å². The van der Waals surface area contributed by atoms with E-state index in [-0.39, 0.29) is 17.6 Å². The summed E-state index contributed by atoms with van der Waals surface area (Å²) in [5.74, 6) is -0.952. The zero-order valence-electron chi connectivity index (χ0n) is 12.3. The molecule has 114 valence electrons. The second-order valence-electron chi connectivity index (χ2n) is 5.15. The molecule has 1 aliphatic rings. The molecule has 2 rings (SSSR count). The molecule has 1 aromatic rings. The van der Waals surface area contributed by atoms with Crippen LogP contribution in [0.2, 0.25) is 0 Å². The van der Waals surface area contributed by atoms with Gasteiger partial charge in [-0.15, -0.1) is 0 Å². The number of aromatic carboxylic acids is 1. The Kier molecular flexibility index (Phi) is 4.80. The highest BCUT2D eigenvalue weighted by atomic mass is 16.5. The van der Waals surface area contributed by atoms with Gasteiger partial charge in [-0.25, -0.2) is 9.59 Å². The van der Waals surface area contributed by atoms with Gasteiger partial charge in [-0.1, -0.05) is 13.0 Å². The number of hydrogen-bond acceptors (Lipinski definition) is 3. The molecule has 1 heterocycles. The van der Waals surface area contributed by atoms with E-state index in [1.54, 1.807) is 30.2 Å². The van der Waals surface area contributed by atoms with Crippen molar-refractivity contribution >= 4 is 12.0 Å². The Morgan fingerprint density at radius 2 is 2.10 bits per heavy atom. The van der Waals surface area contributed by atoms with Crippen LogP contribution < -0.4 is 5.32 Å². The van der Waals surface area contributed by atoms with Crippen molar-refractivity contribution < 1.29 is 19.4 Å². The van der Waals surface area contributed by atoms with Crippen LogP contribution in [0, 0.1) is 0 Å². The molecule has 0 fully saturated rings. The fourth-order valence-electron chi connectivity index (χ4n) is 2.40. The molecule has 6 heteroatoms. The number of carbonyl (C=O) groups excluding carboxylic acids is 1. The molecule has 1 atom stereocenters. The number of rotatable bonds is 5. The maximum absolute atomic E-state index is 12.2. The number of carboxylic acids is 1. The van der Waals surface area contributed by atoms with Crippen molar-refractivity contribution in [1.82, 2.24) is 10.2 Å². The van der Waals surface area contributed by atoms with E-state index >= 15 is 0 Å². The van der Waals surface area contributed by atoms with E-state index in [2.05, 4.69) is 5.32 Å². The molecule has 2 amide bonds. The van der Waals surface area contributed by atoms with E-state index in [1.807, 2.05) is 6.92 Å². The lowest BCUT2D eigenvalue weighted by Crippen LogP contribution is -2.44. The number of benzene rings is 1. The molecule has 2 N–H and O–H groups in total. The van der Waals surface area contributed by atoms with Crippen molar-refractivity contribution in [2.24, 2.45) is 0 Å². The number of urea groups is 1. The number of amides is 2. The summed E-state index contributed by atoms with van der Waals surface area (Å²) in [7, 11) is 1.61. The maximum Gasteiger partial charge on any atom is 0.335 e. The summed E-state index contributed by atoms with van der Waals surface area (Å²) < 4.78 is 5.06. The third kappa shape index (κ3) is 3.52. The van der Waals surface area contributed by atoms with Gasteiger partial charge in [-0.2, -0.15) is 0 Å². The van der Waals surface area contributed by atoms with Crippen LogP contribution in [0.25, 0.3) is 0 Å². The predicted octanol–water partition coefficient (Wildman–Crippen LogP) is 1.83. The fraction of sp³-hybridized carbons (Fsp3) is 0.467. The van der Waals surface area contributed by atoms with Gasteiger partial charge in [0.2, 0.25) is 0 Å². The highest BCUT2D eigenvalue weighted by Crippen LogP contribution is 2.24. The van der Waals surface area contributed by atoms with Gasteiger partial charge < -0.3 is 20.1 Å². The van der Waals surface area contributed by atoms with Gasteiger partial charge in [0.1, 0.15) is 0 Å². The van der Waals surface area contributed by atoms with Gasteiger partial charge in [-0.3, -0.25) is 0 Å². The summed E-state index contributed by atoms with van der Waals surface area (Å²) in [6.45, 7) is 3.41. The molecule has 21 heavy (non-hydrogen) atoms. The second-order valence-corrected chi connectivity index (χ2v) is 5.15. The zero-order valence-corrected chi connectivity index (χ0v) is 12.3. The number of methoxy groups -OCH3 is 1. The quantitative estimate of drug-likeness (QED) is 0.868. The average molecular weight is 292 g/mol. The van der Waals surface area contributed by atoms with E-state index in [1.165, 1.54) is 0 Å². The van der Waals surface area contributed by atoms with Gasteiger partial charge in [0.05, 0.1) is 18.2 Å². The van der Waals surface area contributed by atoms with Crippen LogP contribution in [0.5, 0.6) is 0 Å². The Morgan fingerprint density at radius 3 is 2.71 bits per heavy atom. The lowest BCUT2D eigenvalue weighted by atomic mass is 10.1. The summed E-state index contributed by atoms with van der Waals surface area (Å²) in [6, 6.07) is 4.82. The lowest BCUT2D eigenvalue weighted by Gasteiger charge is -2.21. The summed E-state index contributed by atoms with van der Waals surface area (Å²) in [6.07, 6.45) is 0.795. The smallest absolute Gasteiger partial charge is 0.335 e. The van der Waals surface area contributed by atoms with Gasteiger partial charge in [0.15, 0.2) is 0 Å². The minimum Gasteiger partial charge on any atom is -0.478 e. The molecule has 0 bridgehead atoms. The molecule has 0 aliphatic carbocycles. The molecule has 1 aliphatic heterocycles. The first kappa shape index (κ1) is 15.3. The van der Waals surface area contributed by atoms with Gasteiger partial charge in [0, 0.05) is 20.2 Å². The molecule has 0 saturated carbocycles. The third-order valence-electron chi connectivity index (χ3n) is 3.65. The predicted molar refractivity (Wildman–Crippen MR) is 77.1 cm³/mol. The SMILES string of the molecule is CCC(COC)NC(=O)N1Cc2ccc(C(=O)O)cc2C1. The summed E-state index contributed by atoms with van der Waals surface area (Å²) >= 11 is 0. The monoisotopic (exact) mass is 292 g/mol. The Labute approximate surface area is 123 Å². The van der Waals surface area contributed by atoms with Crippen LogP contribution in [0.4, 0.5) is 4.79 Å². The van der Waals surface area contributed by atoms with Crippen molar-refractivity contribution in [3.63, 3.8) is 0 Å². The molecular weight excluding hydrogens is 272 g/mol. The summed E-state index contributed by atoms with van der Waals surface area (Å²) in [5.41, 5.74) is 2.14. The van der Waals surface area contributed by atoms with Crippen LogP contribution in [0.1, 0.15) is 34.8 Å². The number of hydrogen-bond donors (Lipinski definition) is 2. The normalized spacial score (nSPS) is 14.7. The lowest BCUT2D eigenvalue weighted by molar-refractivity contribution is 0.0696. The van der Waals surface area contributed by atoms with Crippen LogP contribution in [0.15, 0.2) is 18.2 Å². The van der Waals surface area contributed by atoms with Crippen molar-refractivity contribution in [2.75, 3.05) is 13.7 Å². The van der Waals surface area contributed by atoms with Crippen LogP contribution in [-0.4, -0.2) is 41.8 Å². The number of carbonyl (C=O) groups is 2. The Hall–Kier alpha value is -2.08. The number of nitrogens with zero attached hydrogens (tertiary/aromatic N) is 1. The van der Waals surface area contributed by atoms with Crippen molar-refractivity contribution in [3.05, 3.63) is 34.9 Å². The molecule has 0 aromatic heterocycles. The van der Waals surface area contributed by atoms with E-state index < -0.39 is 5.97 Å². The molecule has 0 saturated heterocycles. The van der Waals surface area contributed by atoms with Crippen molar-refractivity contribution in [3.8, 4) is 0 Å². The largest absolute Gasteiger partial charge is 0.478 e. The Morgan fingerprint density at radius 1 is 1.38 bits per heavy atom. The maximum atomic E-state index is 12.2. The molecule has 1 unspecified atom stereocenters. The second kappa shape index (κ2) is 6.58. The Balaban J connectivity index is 2.02. The number of fused-ring (bicyclic) bond motifs is 1. The zero-order chi connectivity index (χ0) is 15.4. The first-order valence-corrected chi connectivity index (χ1v) is 6.94. The summed E-state index contributed by atoms with van der Waals surface area (Å²) in [4.78, 5) is 24.9. The highest BCUT2D eigenvalue weighted by Gasteiger charge is 2.25. The van der Waals surface area contributed by atoms with Gasteiger partial charge in [-0.05, 0) is 29.7 Å². The standard InChI is InChI=1S/C15H20N2O4/c1-3-13(9-21-2)16-15(20)17-7-11-5-4-10(14(18)19)6-12(11)8-17/h4-6,13H,3,7-9H2,1-2H3,(H,16,20)(H,18,19). The van der Waals surface area contributed by atoms with Crippen LogP contribution in [-0.2, 0) is 17.8 Å². The molecule has 1 aromatic carbocycles. The molecular formula is C15H20N2O4. The van der Waals surface area contributed by atoms with E-state index in [0.29, 0.717) is 19.7 Å². The van der Waals surface area contributed by atoms with E-state index in [9.17, 15) is 9.59 Å². The van der Waals surface area contributed by atoms with E-state index in [4.69, 9.17) is 9.84 Å². The first-order chi connectivity index (χ1) is 10.0. The van der Waals surface area contributed by atoms with E-state index in [0.717, 1.165) is 17.5 Å². The molecule has 6 nitrogen and oxygen atoms in total. The van der Waals surface area contributed by atoms with Gasteiger partial charge >= 0.3 is 12.0 Å². The average Bonchev–Trinajstić information content (AvgIpc) is 2.89. The van der Waals surface area contributed by atoms with Gasteiger partial charge in [0.25, 0.3) is 0 Å². The number of nitrogens with one attached hydrogen (secondary N) is 1. The fourth-order valence-corrected chi connectivity index (χ4v) is 2.40. The first-order valence-electron chi connectivity index (χ1n) is 6.94. The molecule has 0 radical (unpaired) electrons. The third-order valence-corrected chi connectivity index (χ3v) is 3.65. The summed E-state index contributed by atoms with van der Waals surface area (Å²) in [5, 5.41) is 11.9. The Bertz CT molecular complexity index is 544. The minimum absolute atomic E-state index is 0.0132. The number of ether oxygens (including phenoxy) is 1. The topological polar surface area (TPSA) is 78.9 Å². The van der Waals surface area contributed by atoms with Crippen molar-refractivity contribution in [2.45, 2.75) is 32.5 Å². The minimum atomic E-state index is -0.952. The van der Waals surface area contributed by atoms with Crippen molar-refractivity contribution in [1.29, 1.82) is 0 Å².